The highest BCUT2D eigenvalue weighted by Gasteiger charge is 2.33. The van der Waals surface area contributed by atoms with Crippen LogP contribution in [0, 0.1) is 0 Å². The zero-order valence-corrected chi connectivity index (χ0v) is 19.6. The molecule has 3 aromatic rings. The Kier molecular flexibility index (Phi) is 9.33. The number of benzene rings is 3. The third kappa shape index (κ3) is 8.43. The van der Waals surface area contributed by atoms with Gasteiger partial charge < -0.3 is 30.9 Å². The van der Waals surface area contributed by atoms with E-state index in [4.69, 9.17) is 4.74 Å². The summed E-state index contributed by atoms with van der Waals surface area (Å²) >= 11 is 0. The Balaban J connectivity index is 0.000000213. The Bertz CT molecular complexity index is 1180. The summed E-state index contributed by atoms with van der Waals surface area (Å²) in [6, 6.07) is 15.9. The van der Waals surface area contributed by atoms with Crippen LogP contribution in [0.3, 0.4) is 0 Å². The number of ether oxygens (including phenoxy) is 1. The van der Waals surface area contributed by atoms with E-state index in [9.17, 15) is 33.0 Å². The molecule has 1 heterocycles. The summed E-state index contributed by atoms with van der Waals surface area (Å²) in [5, 5.41) is 26.5. The van der Waals surface area contributed by atoms with Gasteiger partial charge in [-0.25, -0.2) is 0 Å². The van der Waals surface area contributed by atoms with Gasteiger partial charge >= 0.3 is 6.18 Å². The fraction of sp³-hybridized carbons (Fsp3) is 0.231. The molecule has 1 aliphatic heterocycles. The maximum absolute atomic E-state index is 12.9. The number of carbonyl (C=O) groups excluding carboxylic acids is 2. The van der Waals surface area contributed by atoms with Crippen molar-refractivity contribution in [2.45, 2.75) is 25.2 Å². The molecule has 1 unspecified atom stereocenters. The van der Waals surface area contributed by atoms with E-state index in [1.165, 1.54) is 30.3 Å². The molecule has 1 saturated heterocycles. The van der Waals surface area contributed by atoms with E-state index < -0.39 is 11.7 Å². The van der Waals surface area contributed by atoms with E-state index in [1.54, 1.807) is 30.3 Å². The maximum atomic E-state index is 12.9. The number of para-hydroxylation sites is 1. The average Bonchev–Trinajstić information content (AvgIpc) is 3.36. The highest BCUT2D eigenvalue weighted by Crippen LogP contribution is 2.35. The molecule has 4 rings (SSSR count). The van der Waals surface area contributed by atoms with E-state index in [0.717, 1.165) is 18.1 Å². The fourth-order valence-corrected chi connectivity index (χ4v) is 3.50. The first-order valence-electron chi connectivity index (χ1n) is 11.3. The molecular formula is C26H26F3N3O5. The number of phenolic OH excluding ortho intramolecular Hbond substituents is 2. The summed E-state index contributed by atoms with van der Waals surface area (Å²) in [4.78, 5) is 21.9. The number of halogens is 3. The smallest absolute Gasteiger partial charge is 0.418 e. The van der Waals surface area contributed by atoms with Gasteiger partial charge in [0.1, 0.15) is 11.5 Å². The minimum Gasteiger partial charge on any atom is -0.508 e. The van der Waals surface area contributed by atoms with Gasteiger partial charge in [-0.1, -0.05) is 24.3 Å². The largest absolute Gasteiger partial charge is 0.508 e. The molecule has 0 bridgehead atoms. The molecule has 1 aliphatic rings. The maximum Gasteiger partial charge on any atom is 0.418 e. The van der Waals surface area contributed by atoms with Gasteiger partial charge in [0, 0.05) is 30.5 Å². The van der Waals surface area contributed by atoms with Crippen molar-refractivity contribution in [1.82, 2.24) is 10.6 Å². The van der Waals surface area contributed by atoms with Crippen LogP contribution in [0.15, 0.2) is 66.7 Å². The molecule has 0 saturated carbocycles. The van der Waals surface area contributed by atoms with Crippen molar-refractivity contribution < 1.29 is 37.7 Å². The number of nitrogens with one attached hydrogen (secondary N) is 3. The molecule has 2 amide bonds. The molecule has 0 radical (unpaired) electrons. The lowest BCUT2D eigenvalue weighted by molar-refractivity contribution is -0.136. The topological polar surface area (TPSA) is 120 Å². The summed E-state index contributed by atoms with van der Waals surface area (Å²) in [6.07, 6.45) is -3.03. The van der Waals surface area contributed by atoms with Crippen molar-refractivity contribution in [2.75, 3.05) is 18.5 Å². The Labute approximate surface area is 211 Å². The number of amides is 2. The normalized spacial score (nSPS) is 14.7. The first-order chi connectivity index (χ1) is 17.7. The highest BCUT2D eigenvalue weighted by atomic mass is 19.4. The lowest BCUT2D eigenvalue weighted by Gasteiger charge is -2.14. The van der Waals surface area contributed by atoms with Gasteiger partial charge in [-0.3, -0.25) is 9.59 Å². The Morgan fingerprint density at radius 3 is 2.30 bits per heavy atom. The van der Waals surface area contributed by atoms with Crippen LogP contribution in [0.25, 0.3) is 0 Å². The lowest BCUT2D eigenvalue weighted by atomic mass is 10.1. The standard InChI is InChI=1S/C15H13F3N2O.C11H13NO4/c16-15(17,18)13-3-1-2-4-14(13)20-12-7-5-11(6-8-12)9-19-10-21;13-9-3-7(4-10(14)5-9)11(15)12-8-1-2-16-6-8/h1-8,10,20H,9H2,(H,19,21);3-5,8,13-14H,1-2,6H2,(H,12,15). The molecule has 0 spiro atoms. The molecule has 5 N–H and O–H groups in total. The van der Waals surface area contributed by atoms with Crippen LogP contribution in [0.4, 0.5) is 24.5 Å². The fourth-order valence-electron chi connectivity index (χ4n) is 3.50. The van der Waals surface area contributed by atoms with Crippen molar-refractivity contribution in [1.29, 1.82) is 0 Å². The number of hydrogen-bond acceptors (Lipinski definition) is 6. The van der Waals surface area contributed by atoms with Gasteiger partial charge in [0.2, 0.25) is 6.41 Å². The van der Waals surface area contributed by atoms with Crippen molar-refractivity contribution >= 4 is 23.7 Å². The molecular weight excluding hydrogens is 491 g/mol. The van der Waals surface area contributed by atoms with Crippen molar-refractivity contribution in [2.24, 2.45) is 0 Å². The quantitative estimate of drug-likeness (QED) is 0.298. The summed E-state index contributed by atoms with van der Waals surface area (Å²) in [5.74, 6) is -0.581. The van der Waals surface area contributed by atoms with E-state index in [2.05, 4.69) is 16.0 Å². The van der Waals surface area contributed by atoms with Crippen LogP contribution in [0.2, 0.25) is 0 Å². The van der Waals surface area contributed by atoms with Gasteiger partial charge in [-0.15, -0.1) is 0 Å². The van der Waals surface area contributed by atoms with Crippen LogP contribution in [0.1, 0.15) is 27.9 Å². The molecule has 37 heavy (non-hydrogen) atoms. The second-order valence-corrected chi connectivity index (χ2v) is 8.14. The first kappa shape index (κ1) is 27.3. The van der Waals surface area contributed by atoms with Gasteiger partial charge in [-0.2, -0.15) is 13.2 Å². The van der Waals surface area contributed by atoms with E-state index in [0.29, 0.717) is 31.9 Å². The van der Waals surface area contributed by atoms with Gasteiger partial charge in [0.15, 0.2) is 0 Å². The second-order valence-electron chi connectivity index (χ2n) is 8.14. The minimum atomic E-state index is -4.41. The summed E-state index contributed by atoms with van der Waals surface area (Å²) in [5.41, 5.74) is 0.933. The predicted octanol–water partition coefficient (Wildman–Crippen LogP) is 4.31. The Morgan fingerprint density at radius 2 is 1.70 bits per heavy atom. The number of aromatic hydroxyl groups is 2. The second kappa shape index (κ2) is 12.6. The number of anilines is 2. The number of hydrogen-bond donors (Lipinski definition) is 5. The molecule has 11 heteroatoms. The summed E-state index contributed by atoms with van der Waals surface area (Å²) in [7, 11) is 0. The van der Waals surface area contributed by atoms with Gasteiger partial charge in [0.25, 0.3) is 5.91 Å². The SMILES string of the molecule is O=C(NC1CCOC1)c1cc(O)cc(O)c1.O=CNCc1ccc(Nc2ccccc2C(F)(F)F)cc1. The van der Waals surface area contributed by atoms with E-state index in [1.807, 2.05) is 0 Å². The number of phenols is 2. The Hall–Kier alpha value is -4.25. The molecule has 0 aromatic heterocycles. The van der Waals surface area contributed by atoms with Crippen LogP contribution in [-0.4, -0.2) is 41.8 Å². The van der Waals surface area contributed by atoms with Gasteiger partial charge in [0.05, 0.1) is 23.9 Å². The van der Waals surface area contributed by atoms with Crippen molar-refractivity contribution in [3.05, 3.63) is 83.4 Å². The average molecular weight is 518 g/mol. The molecule has 1 atom stereocenters. The minimum absolute atomic E-state index is 0.00349. The summed E-state index contributed by atoms with van der Waals surface area (Å²) in [6.45, 7) is 1.54. The summed E-state index contributed by atoms with van der Waals surface area (Å²) < 4.78 is 43.7. The van der Waals surface area contributed by atoms with Gasteiger partial charge in [-0.05, 0) is 48.4 Å². The molecule has 196 valence electrons. The lowest BCUT2D eigenvalue weighted by Crippen LogP contribution is -2.34. The third-order valence-electron chi connectivity index (χ3n) is 5.28. The zero-order chi connectivity index (χ0) is 26.8. The first-order valence-corrected chi connectivity index (χ1v) is 11.3. The number of rotatable bonds is 7. The molecule has 0 aliphatic carbocycles. The number of alkyl halides is 3. The highest BCUT2D eigenvalue weighted by molar-refractivity contribution is 5.95. The van der Waals surface area contributed by atoms with Crippen molar-refractivity contribution in [3.8, 4) is 11.5 Å². The monoisotopic (exact) mass is 517 g/mol. The van der Waals surface area contributed by atoms with E-state index in [-0.39, 0.29) is 34.7 Å². The van der Waals surface area contributed by atoms with Crippen LogP contribution < -0.4 is 16.0 Å². The van der Waals surface area contributed by atoms with E-state index >= 15 is 0 Å². The van der Waals surface area contributed by atoms with Crippen LogP contribution >= 0.6 is 0 Å². The molecule has 8 nitrogen and oxygen atoms in total. The molecule has 3 aromatic carbocycles. The van der Waals surface area contributed by atoms with Crippen molar-refractivity contribution in [3.63, 3.8) is 0 Å². The predicted molar refractivity (Wildman–Crippen MR) is 131 cm³/mol. The Morgan fingerprint density at radius 1 is 1.03 bits per heavy atom. The third-order valence-corrected chi connectivity index (χ3v) is 5.28. The molecule has 1 fully saturated rings. The zero-order valence-electron chi connectivity index (χ0n) is 19.6. The number of carbonyl (C=O) groups is 2. The van der Waals surface area contributed by atoms with Crippen LogP contribution in [0.5, 0.6) is 11.5 Å². The van der Waals surface area contributed by atoms with Crippen LogP contribution in [-0.2, 0) is 22.3 Å².